The topological polar surface area (TPSA) is 50.8 Å². The predicted octanol–water partition coefficient (Wildman–Crippen LogP) is 6.79. The van der Waals surface area contributed by atoms with Gasteiger partial charge in [-0.3, -0.25) is 9.69 Å². The fraction of sp³-hybridized carbons (Fsp3) is 0.424. The van der Waals surface area contributed by atoms with Crippen molar-refractivity contribution in [3.63, 3.8) is 0 Å². The van der Waals surface area contributed by atoms with E-state index in [2.05, 4.69) is 42.3 Å². The molecule has 6 heteroatoms. The Morgan fingerprint density at radius 2 is 1.74 bits per heavy atom. The van der Waals surface area contributed by atoms with Crippen LogP contribution in [0.2, 0.25) is 0 Å². The Morgan fingerprint density at radius 3 is 2.51 bits per heavy atom. The first-order valence-electron chi connectivity index (χ1n) is 14.2. The summed E-state index contributed by atoms with van der Waals surface area (Å²) in [5, 5.41) is 3.01. The van der Waals surface area contributed by atoms with Crippen molar-refractivity contribution in [2.24, 2.45) is 5.92 Å². The van der Waals surface area contributed by atoms with Crippen LogP contribution in [0.5, 0.6) is 11.5 Å². The maximum Gasteiger partial charge on any atom is 0.251 e. The van der Waals surface area contributed by atoms with Gasteiger partial charge in [0.1, 0.15) is 23.9 Å². The van der Waals surface area contributed by atoms with E-state index in [0.29, 0.717) is 31.2 Å². The second kappa shape index (κ2) is 14.7. The number of ether oxygens (including phenoxy) is 2. The first-order chi connectivity index (χ1) is 19.0. The van der Waals surface area contributed by atoms with E-state index in [1.807, 2.05) is 18.2 Å². The highest BCUT2D eigenvalue weighted by Crippen LogP contribution is 2.25. The molecule has 0 spiro atoms. The second-order valence-electron chi connectivity index (χ2n) is 10.8. The van der Waals surface area contributed by atoms with Crippen molar-refractivity contribution >= 4 is 5.91 Å². The monoisotopic (exact) mass is 532 g/mol. The van der Waals surface area contributed by atoms with E-state index in [0.717, 1.165) is 42.0 Å². The Labute approximate surface area is 232 Å². The minimum Gasteiger partial charge on any atom is -0.494 e. The number of hydrogen-bond donors (Lipinski definition) is 1. The molecule has 1 saturated heterocycles. The van der Waals surface area contributed by atoms with Crippen LogP contribution in [0.1, 0.15) is 66.6 Å². The van der Waals surface area contributed by atoms with Crippen LogP contribution in [-0.2, 0) is 19.6 Å². The van der Waals surface area contributed by atoms with E-state index < -0.39 is 0 Å². The zero-order valence-electron chi connectivity index (χ0n) is 23.3. The molecule has 5 nitrogen and oxygen atoms in total. The molecule has 0 bridgehead atoms. The molecule has 1 heterocycles. The number of amides is 1. The molecule has 0 aliphatic carbocycles. The van der Waals surface area contributed by atoms with E-state index in [9.17, 15) is 9.18 Å². The van der Waals surface area contributed by atoms with Gasteiger partial charge in [-0.2, -0.15) is 0 Å². The van der Waals surface area contributed by atoms with Crippen molar-refractivity contribution in [3.8, 4) is 11.5 Å². The molecule has 3 aromatic carbocycles. The first-order valence-corrected chi connectivity index (χ1v) is 14.2. The van der Waals surface area contributed by atoms with Gasteiger partial charge in [0, 0.05) is 18.7 Å². The number of piperidine rings is 1. The molecule has 0 saturated carbocycles. The molecule has 39 heavy (non-hydrogen) atoms. The fourth-order valence-electron chi connectivity index (χ4n) is 4.88. The Bertz CT molecular complexity index is 1190. The maximum atomic E-state index is 13.2. The summed E-state index contributed by atoms with van der Waals surface area (Å²) in [6, 6.07) is 20.2. The number of nitrogens with zero attached hydrogens (tertiary/aromatic N) is 1. The third kappa shape index (κ3) is 9.39. The van der Waals surface area contributed by atoms with Crippen molar-refractivity contribution in [3.05, 3.63) is 94.8 Å². The van der Waals surface area contributed by atoms with Gasteiger partial charge in [-0.1, -0.05) is 44.5 Å². The number of hydrogen-bond acceptors (Lipinski definition) is 4. The zero-order chi connectivity index (χ0) is 27.5. The molecule has 1 aliphatic rings. The van der Waals surface area contributed by atoms with Crippen molar-refractivity contribution < 1.29 is 18.7 Å². The van der Waals surface area contributed by atoms with Crippen molar-refractivity contribution in [2.75, 3.05) is 26.2 Å². The highest BCUT2D eigenvalue weighted by atomic mass is 19.1. The molecular formula is C33H41FN2O3. The van der Waals surface area contributed by atoms with Crippen LogP contribution in [0.4, 0.5) is 4.39 Å². The smallest absolute Gasteiger partial charge is 0.251 e. The summed E-state index contributed by atoms with van der Waals surface area (Å²) in [6.45, 7) is 9.03. The Balaban J connectivity index is 1.24. The molecule has 3 aromatic rings. The average molecular weight is 533 g/mol. The Morgan fingerprint density at radius 1 is 0.949 bits per heavy atom. The van der Waals surface area contributed by atoms with E-state index in [-0.39, 0.29) is 11.7 Å². The largest absolute Gasteiger partial charge is 0.494 e. The summed E-state index contributed by atoms with van der Waals surface area (Å²) in [6.07, 6.45) is 5.44. The lowest BCUT2D eigenvalue weighted by Gasteiger charge is -2.26. The molecular weight excluding hydrogens is 491 g/mol. The molecule has 1 amide bonds. The number of nitrogens with one attached hydrogen (secondary N) is 1. The number of halogens is 1. The van der Waals surface area contributed by atoms with Crippen molar-refractivity contribution in [2.45, 2.75) is 59.1 Å². The van der Waals surface area contributed by atoms with Crippen LogP contribution >= 0.6 is 0 Å². The van der Waals surface area contributed by atoms with E-state index >= 15 is 0 Å². The Kier molecular flexibility index (Phi) is 10.8. The van der Waals surface area contributed by atoms with Crippen LogP contribution < -0.4 is 14.8 Å². The van der Waals surface area contributed by atoms with Gasteiger partial charge < -0.3 is 14.8 Å². The van der Waals surface area contributed by atoms with Crippen molar-refractivity contribution in [1.82, 2.24) is 10.2 Å². The minimum absolute atomic E-state index is 0.103. The van der Waals surface area contributed by atoms with Gasteiger partial charge in [0.05, 0.1) is 6.61 Å². The lowest BCUT2D eigenvalue weighted by Crippen LogP contribution is -2.29. The molecule has 0 radical (unpaired) electrons. The molecule has 1 fully saturated rings. The van der Waals surface area contributed by atoms with Gasteiger partial charge in [0.15, 0.2) is 0 Å². The van der Waals surface area contributed by atoms with Crippen LogP contribution in [-0.4, -0.2) is 37.0 Å². The van der Waals surface area contributed by atoms with Crippen LogP contribution in [0.25, 0.3) is 0 Å². The van der Waals surface area contributed by atoms with Gasteiger partial charge in [0.2, 0.25) is 0 Å². The highest BCUT2D eigenvalue weighted by Gasteiger charge is 2.13. The van der Waals surface area contributed by atoms with Crippen molar-refractivity contribution in [1.29, 1.82) is 0 Å². The van der Waals surface area contributed by atoms with Gasteiger partial charge >= 0.3 is 0 Å². The number of rotatable bonds is 13. The van der Waals surface area contributed by atoms with Gasteiger partial charge in [0.25, 0.3) is 5.91 Å². The molecule has 208 valence electrons. The normalized spacial score (nSPS) is 13.8. The molecule has 0 aromatic heterocycles. The maximum absolute atomic E-state index is 13.2. The molecule has 1 N–H and O–H groups in total. The summed E-state index contributed by atoms with van der Waals surface area (Å²) >= 11 is 0. The molecule has 4 rings (SSSR count). The SMILES string of the molecule is CC(C)Cc1cc(C(=O)NCCCOc2cccc(CN3CCCCC3)c2)ccc1OCc1ccc(F)cc1. The summed E-state index contributed by atoms with van der Waals surface area (Å²) in [4.78, 5) is 15.3. The number of likely N-dealkylation sites (tertiary alicyclic amines) is 1. The van der Waals surface area contributed by atoms with Crippen LogP contribution in [0, 0.1) is 11.7 Å². The summed E-state index contributed by atoms with van der Waals surface area (Å²) < 4.78 is 25.2. The van der Waals surface area contributed by atoms with Gasteiger partial charge in [-0.05, 0) is 104 Å². The summed E-state index contributed by atoms with van der Waals surface area (Å²) in [5.74, 6) is 1.67. The quantitative estimate of drug-likeness (QED) is 0.246. The third-order valence-corrected chi connectivity index (χ3v) is 6.89. The van der Waals surface area contributed by atoms with E-state index in [1.54, 1.807) is 18.2 Å². The summed E-state index contributed by atoms with van der Waals surface area (Å²) in [7, 11) is 0. The zero-order valence-corrected chi connectivity index (χ0v) is 23.3. The van der Waals surface area contributed by atoms with E-state index in [1.165, 1.54) is 50.0 Å². The Hall–Kier alpha value is -3.38. The number of benzene rings is 3. The standard InChI is InChI=1S/C33H41FN2O3/c1-25(2)20-29-22-28(12-15-32(29)39-24-26-10-13-30(34)14-11-26)33(37)35-16-7-19-38-31-9-6-8-27(21-31)23-36-17-4-3-5-18-36/h6,8-15,21-22,25H,3-5,7,16-20,23-24H2,1-2H3,(H,35,37). The first kappa shape index (κ1) is 28.6. The molecule has 0 unspecified atom stereocenters. The number of carbonyl (C=O) groups excluding carboxylic acids is 1. The number of carbonyl (C=O) groups is 1. The minimum atomic E-state index is -0.265. The fourth-order valence-corrected chi connectivity index (χ4v) is 4.88. The highest BCUT2D eigenvalue weighted by molar-refractivity contribution is 5.94. The summed E-state index contributed by atoms with van der Waals surface area (Å²) in [5.41, 5.74) is 3.79. The van der Waals surface area contributed by atoms with Crippen LogP contribution in [0.3, 0.4) is 0 Å². The second-order valence-corrected chi connectivity index (χ2v) is 10.8. The lowest BCUT2D eigenvalue weighted by molar-refractivity contribution is 0.0951. The van der Waals surface area contributed by atoms with Gasteiger partial charge in [-0.15, -0.1) is 0 Å². The molecule has 0 atom stereocenters. The average Bonchev–Trinajstić information content (AvgIpc) is 2.93. The lowest BCUT2D eigenvalue weighted by atomic mass is 9.99. The van der Waals surface area contributed by atoms with Crippen LogP contribution in [0.15, 0.2) is 66.7 Å². The van der Waals surface area contributed by atoms with Gasteiger partial charge in [-0.25, -0.2) is 4.39 Å². The van der Waals surface area contributed by atoms with E-state index in [4.69, 9.17) is 9.47 Å². The predicted molar refractivity (Wildman–Crippen MR) is 154 cm³/mol. The molecule has 1 aliphatic heterocycles. The third-order valence-electron chi connectivity index (χ3n) is 6.89.